The first kappa shape index (κ1) is 14.5. The van der Waals surface area contributed by atoms with Crippen LogP contribution >= 0.6 is 11.3 Å². The van der Waals surface area contributed by atoms with E-state index < -0.39 is 0 Å². The summed E-state index contributed by atoms with van der Waals surface area (Å²) in [6.45, 7) is 6.42. The van der Waals surface area contributed by atoms with E-state index in [2.05, 4.69) is 42.4 Å². The lowest BCUT2D eigenvalue weighted by Crippen LogP contribution is -2.06. The molecule has 0 radical (unpaired) electrons. The summed E-state index contributed by atoms with van der Waals surface area (Å²) in [6, 6.07) is 9.86. The minimum Gasteiger partial charge on any atom is -0.354 e. The summed E-state index contributed by atoms with van der Waals surface area (Å²) in [5.74, 6) is 0.590. The van der Waals surface area contributed by atoms with Gasteiger partial charge in [-0.05, 0) is 30.5 Å². The van der Waals surface area contributed by atoms with Crippen molar-refractivity contribution in [2.24, 2.45) is 5.92 Å². The van der Waals surface area contributed by atoms with Gasteiger partial charge in [0.25, 0.3) is 0 Å². The monoisotopic (exact) mass is 286 g/mol. The van der Waals surface area contributed by atoms with E-state index in [-0.39, 0.29) is 6.04 Å². The molecule has 0 spiro atoms. The van der Waals surface area contributed by atoms with E-state index in [4.69, 9.17) is 5.26 Å². The summed E-state index contributed by atoms with van der Waals surface area (Å²) in [5, 5.41) is 22.4. The highest BCUT2D eigenvalue weighted by Crippen LogP contribution is 2.23. The average Bonchev–Trinajstić information content (AvgIpc) is 2.85. The fraction of sp³-hybridized carbons (Fsp3) is 0.400. The Hall–Kier alpha value is -1.93. The maximum absolute atomic E-state index is 8.79. The smallest absolute Gasteiger partial charge is 0.206 e. The van der Waals surface area contributed by atoms with Crippen LogP contribution in [0.15, 0.2) is 24.3 Å². The summed E-state index contributed by atoms with van der Waals surface area (Å²) < 4.78 is 0. The molecule has 1 atom stereocenters. The molecule has 1 aromatic heterocycles. The molecule has 104 valence electrons. The standard InChI is InChI=1S/C15H18N4S/c1-10(2)8-14-18-19-15(20-14)17-11(3)13-6-4-12(9-16)5-7-13/h4-7,10-11H,8H2,1-3H3,(H,17,19). The number of nitriles is 1. The maximum Gasteiger partial charge on any atom is 0.206 e. The van der Waals surface area contributed by atoms with Crippen molar-refractivity contribution in [1.29, 1.82) is 5.26 Å². The molecule has 0 aliphatic heterocycles. The van der Waals surface area contributed by atoms with E-state index >= 15 is 0 Å². The zero-order valence-electron chi connectivity index (χ0n) is 11.9. The first-order chi connectivity index (χ1) is 9.58. The van der Waals surface area contributed by atoms with Crippen molar-refractivity contribution in [3.05, 3.63) is 40.4 Å². The zero-order valence-corrected chi connectivity index (χ0v) is 12.7. The topological polar surface area (TPSA) is 61.6 Å². The van der Waals surface area contributed by atoms with Crippen molar-refractivity contribution in [2.45, 2.75) is 33.2 Å². The van der Waals surface area contributed by atoms with E-state index in [0.717, 1.165) is 22.1 Å². The van der Waals surface area contributed by atoms with Gasteiger partial charge in [-0.25, -0.2) is 0 Å². The van der Waals surface area contributed by atoms with Crippen LogP contribution in [0.2, 0.25) is 0 Å². The normalized spacial score (nSPS) is 12.2. The molecule has 1 N–H and O–H groups in total. The first-order valence-corrected chi connectivity index (χ1v) is 7.49. The lowest BCUT2D eigenvalue weighted by Gasteiger charge is -2.12. The Kier molecular flexibility index (Phi) is 4.70. The molecule has 0 saturated carbocycles. The fourth-order valence-corrected chi connectivity index (χ4v) is 2.90. The van der Waals surface area contributed by atoms with Crippen LogP contribution in [0, 0.1) is 17.2 Å². The Bertz CT molecular complexity index is 595. The Morgan fingerprint density at radius 2 is 1.90 bits per heavy atom. The molecule has 1 aromatic carbocycles. The predicted molar refractivity (Wildman–Crippen MR) is 81.6 cm³/mol. The average molecular weight is 286 g/mol. The Morgan fingerprint density at radius 1 is 1.20 bits per heavy atom. The number of hydrogen-bond acceptors (Lipinski definition) is 5. The molecular formula is C15H18N4S. The van der Waals surface area contributed by atoms with E-state index in [1.54, 1.807) is 11.3 Å². The van der Waals surface area contributed by atoms with Gasteiger partial charge in [0.15, 0.2) is 0 Å². The van der Waals surface area contributed by atoms with E-state index in [9.17, 15) is 0 Å². The highest BCUT2D eigenvalue weighted by Gasteiger charge is 2.10. The first-order valence-electron chi connectivity index (χ1n) is 6.67. The van der Waals surface area contributed by atoms with E-state index in [0.29, 0.717) is 11.5 Å². The van der Waals surface area contributed by atoms with Crippen LogP contribution < -0.4 is 5.32 Å². The number of nitrogens with one attached hydrogen (secondary N) is 1. The van der Waals surface area contributed by atoms with Crippen LogP contribution in [-0.2, 0) is 6.42 Å². The summed E-state index contributed by atoms with van der Waals surface area (Å²) in [5.41, 5.74) is 1.81. The number of rotatable bonds is 5. The molecule has 2 aromatic rings. The second-order valence-corrected chi connectivity index (χ2v) is 6.26. The van der Waals surface area contributed by atoms with Gasteiger partial charge < -0.3 is 5.32 Å². The van der Waals surface area contributed by atoms with E-state index in [1.807, 2.05) is 24.3 Å². The Balaban J connectivity index is 2.01. The SMILES string of the molecule is CC(C)Cc1nnc(NC(C)c2ccc(C#N)cc2)s1. The van der Waals surface area contributed by atoms with Crippen molar-refractivity contribution in [2.75, 3.05) is 5.32 Å². The van der Waals surface area contributed by atoms with Crippen molar-refractivity contribution >= 4 is 16.5 Å². The molecule has 4 nitrogen and oxygen atoms in total. The molecular weight excluding hydrogens is 268 g/mol. The predicted octanol–water partition coefficient (Wildman–Crippen LogP) is 3.78. The number of hydrogen-bond donors (Lipinski definition) is 1. The quantitative estimate of drug-likeness (QED) is 0.908. The van der Waals surface area contributed by atoms with Crippen LogP contribution in [0.4, 0.5) is 5.13 Å². The molecule has 2 rings (SSSR count). The van der Waals surface area contributed by atoms with E-state index in [1.165, 1.54) is 0 Å². The van der Waals surface area contributed by atoms with Crippen molar-refractivity contribution in [1.82, 2.24) is 10.2 Å². The number of nitrogens with zero attached hydrogens (tertiary/aromatic N) is 3. The van der Waals surface area contributed by atoms with Gasteiger partial charge in [-0.15, -0.1) is 10.2 Å². The highest BCUT2D eigenvalue weighted by molar-refractivity contribution is 7.15. The van der Waals surface area contributed by atoms with Crippen molar-refractivity contribution < 1.29 is 0 Å². The van der Waals surface area contributed by atoms with Gasteiger partial charge in [0.1, 0.15) is 5.01 Å². The van der Waals surface area contributed by atoms with Crippen molar-refractivity contribution in [3.63, 3.8) is 0 Å². The summed E-state index contributed by atoms with van der Waals surface area (Å²) in [6.07, 6.45) is 0.963. The number of aromatic nitrogens is 2. The number of benzene rings is 1. The molecule has 0 aliphatic carbocycles. The fourth-order valence-electron chi connectivity index (χ4n) is 1.86. The molecule has 0 fully saturated rings. The summed E-state index contributed by atoms with van der Waals surface area (Å²) in [4.78, 5) is 0. The Labute approximate surface area is 123 Å². The van der Waals surface area contributed by atoms with Gasteiger partial charge in [-0.2, -0.15) is 5.26 Å². The lowest BCUT2D eigenvalue weighted by atomic mass is 10.1. The number of anilines is 1. The van der Waals surface area contributed by atoms with Crippen LogP contribution in [0.25, 0.3) is 0 Å². The molecule has 20 heavy (non-hydrogen) atoms. The van der Waals surface area contributed by atoms with Gasteiger partial charge in [0.2, 0.25) is 5.13 Å². The van der Waals surface area contributed by atoms with Crippen LogP contribution in [-0.4, -0.2) is 10.2 Å². The molecule has 1 unspecified atom stereocenters. The molecule has 0 saturated heterocycles. The third-order valence-electron chi connectivity index (χ3n) is 2.93. The largest absolute Gasteiger partial charge is 0.354 e. The Morgan fingerprint density at radius 3 is 2.50 bits per heavy atom. The second-order valence-electron chi connectivity index (χ2n) is 5.20. The molecule has 0 amide bonds. The third kappa shape index (κ3) is 3.78. The highest BCUT2D eigenvalue weighted by atomic mass is 32.1. The van der Waals surface area contributed by atoms with Gasteiger partial charge in [-0.3, -0.25) is 0 Å². The molecule has 0 bridgehead atoms. The molecule has 1 heterocycles. The van der Waals surface area contributed by atoms with Gasteiger partial charge in [-0.1, -0.05) is 37.3 Å². The maximum atomic E-state index is 8.79. The second kappa shape index (κ2) is 6.49. The molecule has 0 aliphatic rings. The summed E-state index contributed by atoms with van der Waals surface area (Å²) in [7, 11) is 0. The summed E-state index contributed by atoms with van der Waals surface area (Å²) >= 11 is 1.61. The molecule has 5 heteroatoms. The zero-order chi connectivity index (χ0) is 14.5. The minimum atomic E-state index is 0.141. The van der Waals surface area contributed by atoms with Crippen molar-refractivity contribution in [3.8, 4) is 6.07 Å². The van der Waals surface area contributed by atoms with Crippen LogP contribution in [0.1, 0.15) is 42.9 Å². The lowest BCUT2D eigenvalue weighted by molar-refractivity contribution is 0.640. The minimum absolute atomic E-state index is 0.141. The third-order valence-corrected chi connectivity index (χ3v) is 3.81. The van der Waals surface area contributed by atoms with Gasteiger partial charge in [0.05, 0.1) is 17.7 Å². The van der Waals surface area contributed by atoms with Crippen LogP contribution in [0.3, 0.4) is 0 Å². The van der Waals surface area contributed by atoms with Crippen LogP contribution in [0.5, 0.6) is 0 Å². The van der Waals surface area contributed by atoms with Gasteiger partial charge >= 0.3 is 0 Å². The van der Waals surface area contributed by atoms with Gasteiger partial charge in [0, 0.05) is 6.42 Å².